The Morgan fingerprint density at radius 1 is 1.00 bits per heavy atom. The minimum atomic E-state index is -0.576. The standard InChI is InChI=1S/C27H21BrN2O5/c1-2-34-22-10-7-17(8-11-22)27(33)35-25-12-9-21(28)13-20(25)16-29-30-26(32)23-14-18-5-3-4-6-19(18)15-24(23)31/h3-16,31H,2H2,1H3,(H,30,32)/b29-16+. The summed E-state index contributed by atoms with van der Waals surface area (Å²) in [6.07, 6.45) is 1.36. The maximum Gasteiger partial charge on any atom is 0.343 e. The molecule has 8 heteroatoms. The van der Waals surface area contributed by atoms with Gasteiger partial charge >= 0.3 is 5.97 Å². The Morgan fingerprint density at radius 2 is 1.71 bits per heavy atom. The molecule has 0 bridgehead atoms. The SMILES string of the molecule is CCOc1ccc(C(=O)Oc2ccc(Br)cc2/C=N/NC(=O)c2cc3ccccc3cc2O)cc1. The first-order valence-corrected chi connectivity index (χ1v) is 11.5. The second-order valence-electron chi connectivity index (χ2n) is 7.44. The number of phenols is 1. The van der Waals surface area contributed by atoms with Crippen LogP contribution in [0.5, 0.6) is 17.2 Å². The van der Waals surface area contributed by atoms with Gasteiger partial charge in [-0.25, -0.2) is 10.2 Å². The lowest BCUT2D eigenvalue weighted by atomic mass is 10.1. The van der Waals surface area contributed by atoms with E-state index in [-0.39, 0.29) is 17.1 Å². The molecule has 0 aliphatic heterocycles. The van der Waals surface area contributed by atoms with E-state index in [4.69, 9.17) is 9.47 Å². The van der Waals surface area contributed by atoms with Gasteiger partial charge in [-0.3, -0.25) is 4.79 Å². The highest BCUT2D eigenvalue weighted by Gasteiger charge is 2.14. The molecule has 0 atom stereocenters. The molecule has 0 saturated heterocycles. The lowest BCUT2D eigenvalue weighted by molar-refractivity contribution is 0.0734. The molecular weight excluding hydrogens is 512 g/mol. The summed E-state index contributed by atoms with van der Waals surface area (Å²) >= 11 is 3.38. The molecule has 35 heavy (non-hydrogen) atoms. The maximum atomic E-state index is 12.6. The fourth-order valence-electron chi connectivity index (χ4n) is 3.36. The lowest BCUT2D eigenvalue weighted by Crippen LogP contribution is -2.18. The van der Waals surface area contributed by atoms with Crippen LogP contribution in [0.4, 0.5) is 0 Å². The number of amides is 1. The van der Waals surface area contributed by atoms with Crippen molar-refractivity contribution in [1.82, 2.24) is 5.43 Å². The van der Waals surface area contributed by atoms with Crippen LogP contribution in [0.25, 0.3) is 10.8 Å². The molecule has 0 aliphatic carbocycles. The van der Waals surface area contributed by atoms with Gasteiger partial charge in [0.2, 0.25) is 0 Å². The second kappa shape index (κ2) is 10.8. The molecule has 0 radical (unpaired) electrons. The first-order chi connectivity index (χ1) is 16.9. The van der Waals surface area contributed by atoms with Crippen molar-refractivity contribution in [3.8, 4) is 17.2 Å². The number of hydrogen-bond acceptors (Lipinski definition) is 6. The van der Waals surface area contributed by atoms with Crippen LogP contribution in [0.1, 0.15) is 33.2 Å². The molecule has 4 aromatic rings. The average molecular weight is 533 g/mol. The number of hydrazone groups is 1. The van der Waals surface area contributed by atoms with Gasteiger partial charge in [0, 0.05) is 10.0 Å². The Morgan fingerprint density at radius 3 is 2.43 bits per heavy atom. The number of phenolic OH excluding ortho intramolecular Hbond substituents is 1. The largest absolute Gasteiger partial charge is 0.507 e. The zero-order valence-electron chi connectivity index (χ0n) is 18.7. The van der Waals surface area contributed by atoms with Crippen molar-refractivity contribution in [3.05, 3.63) is 100 Å². The van der Waals surface area contributed by atoms with Crippen LogP contribution in [0.15, 0.2) is 88.4 Å². The molecule has 2 N–H and O–H groups in total. The number of ether oxygens (including phenoxy) is 2. The summed E-state index contributed by atoms with van der Waals surface area (Å²) in [4.78, 5) is 25.2. The van der Waals surface area contributed by atoms with Gasteiger partial charge in [0.25, 0.3) is 5.91 Å². The van der Waals surface area contributed by atoms with Gasteiger partial charge in [0.15, 0.2) is 0 Å². The number of nitrogens with zero attached hydrogens (tertiary/aromatic N) is 1. The minimum absolute atomic E-state index is 0.0947. The molecule has 1 amide bonds. The molecule has 7 nitrogen and oxygen atoms in total. The molecule has 0 saturated carbocycles. The normalized spacial score (nSPS) is 10.9. The lowest BCUT2D eigenvalue weighted by Gasteiger charge is -2.09. The molecule has 0 heterocycles. The van der Waals surface area contributed by atoms with Gasteiger partial charge in [-0.05, 0) is 72.3 Å². The zero-order valence-corrected chi connectivity index (χ0v) is 20.3. The number of esters is 1. The topological polar surface area (TPSA) is 97.2 Å². The Kier molecular flexibility index (Phi) is 7.42. The molecule has 0 aliphatic rings. The number of halogens is 1. The van der Waals surface area contributed by atoms with Gasteiger partial charge < -0.3 is 14.6 Å². The van der Waals surface area contributed by atoms with Crippen LogP contribution < -0.4 is 14.9 Å². The van der Waals surface area contributed by atoms with E-state index in [0.29, 0.717) is 23.5 Å². The number of benzene rings is 4. The Labute approximate surface area is 210 Å². The van der Waals surface area contributed by atoms with E-state index < -0.39 is 11.9 Å². The summed E-state index contributed by atoms with van der Waals surface area (Å²) in [5.41, 5.74) is 3.32. The van der Waals surface area contributed by atoms with Gasteiger partial charge in [-0.2, -0.15) is 5.10 Å². The van der Waals surface area contributed by atoms with Crippen molar-refractivity contribution in [2.75, 3.05) is 6.61 Å². The highest BCUT2D eigenvalue weighted by molar-refractivity contribution is 9.10. The van der Waals surface area contributed by atoms with Gasteiger partial charge in [0.1, 0.15) is 17.2 Å². The number of hydrogen-bond donors (Lipinski definition) is 2. The first-order valence-electron chi connectivity index (χ1n) is 10.7. The van der Waals surface area contributed by atoms with E-state index >= 15 is 0 Å². The highest BCUT2D eigenvalue weighted by atomic mass is 79.9. The molecule has 0 unspecified atom stereocenters. The Balaban J connectivity index is 1.49. The predicted octanol–water partition coefficient (Wildman–Crippen LogP) is 5.69. The zero-order chi connectivity index (χ0) is 24.8. The van der Waals surface area contributed by atoms with Crippen LogP contribution in [0.2, 0.25) is 0 Å². The first kappa shape index (κ1) is 24.0. The van der Waals surface area contributed by atoms with Crippen molar-refractivity contribution >= 4 is 44.8 Å². The third kappa shape index (κ3) is 5.85. The molecule has 0 fully saturated rings. The number of nitrogens with one attached hydrogen (secondary N) is 1. The molecule has 0 spiro atoms. The van der Waals surface area contributed by atoms with Crippen LogP contribution in [0.3, 0.4) is 0 Å². The van der Waals surface area contributed by atoms with Crippen LogP contribution >= 0.6 is 15.9 Å². The van der Waals surface area contributed by atoms with E-state index in [9.17, 15) is 14.7 Å². The fraction of sp³-hybridized carbons (Fsp3) is 0.0741. The third-order valence-electron chi connectivity index (χ3n) is 5.05. The van der Waals surface area contributed by atoms with Gasteiger partial charge in [-0.1, -0.05) is 40.2 Å². The van der Waals surface area contributed by atoms with Crippen molar-refractivity contribution in [1.29, 1.82) is 0 Å². The van der Waals surface area contributed by atoms with E-state index in [1.54, 1.807) is 48.5 Å². The Hall–Kier alpha value is -4.17. The monoisotopic (exact) mass is 532 g/mol. The molecule has 4 rings (SSSR count). The summed E-state index contributed by atoms with van der Waals surface area (Å²) in [6, 6.07) is 22.2. The van der Waals surface area contributed by atoms with Crippen LogP contribution in [-0.2, 0) is 0 Å². The fourth-order valence-corrected chi connectivity index (χ4v) is 3.74. The number of aromatic hydroxyl groups is 1. The minimum Gasteiger partial charge on any atom is -0.507 e. The molecule has 176 valence electrons. The van der Waals surface area contributed by atoms with Crippen molar-refractivity contribution in [3.63, 3.8) is 0 Å². The van der Waals surface area contributed by atoms with Crippen LogP contribution in [0, 0.1) is 0 Å². The summed E-state index contributed by atoms with van der Waals surface area (Å²) in [6.45, 7) is 2.41. The average Bonchev–Trinajstić information content (AvgIpc) is 2.85. The Bertz CT molecular complexity index is 1420. The maximum absolute atomic E-state index is 12.6. The van der Waals surface area contributed by atoms with Gasteiger partial charge in [-0.15, -0.1) is 0 Å². The van der Waals surface area contributed by atoms with Gasteiger partial charge in [0.05, 0.1) is 23.9 Å². The number of fused-ring (bicyclic) bond motifs is 1. The predicted molar refractivity (Wildman–Crippen MR) is 137 cm³/mol. The summed E-state index contributed by atoms with van der Waals surface area (Å²) in [5.74, 6) is -0.348. The number of rotatable bonds is 7. The molecule has 4 aromatic carbocycles. The number of carbonyl (C=O) groups excluding carboxylic acids is 2. The summed E-state index contributed by atoms with van der Waals surface area (Å²) in [7, 11) is 0. The van der Waals surface area contributed by atoms with Crippen LogP contribution in [-0.4, -0.2) is 29.8 Å². The third-order valence-corrected chi connectivity index (χ3v) is 5.55. The quantitative estimate of drug-likeness (QED) is 0.138. The molecule has 0 aromatic heterocycles. The highest BCUT2D eigenvalue weighted by Crippen LogP contribution is 2.26. The van der Waals surface area contributed by atoms with E-state index in [1.165, 1.54) is 12.3 Å². The summed E-state index contributed by atoms with van der Waals surface area (Å²) < 4.78 is 11.7. The molecular formula is C27H21BrN2O5. The van der Waals surface area contributed by atoms with Crippen molar-refractivity contribution < 1.29 is 24.2 Å². The smallest absolute Gasteiger partial charge is 0.343 e. The number of carbonyl (C=O) groups is 2. The van der Waals surface area contributed by atoms with E-state index in [0.717, 1.165) is 15.2 Å². The van der Waals surface area contributed by atoms with E-state index in [1.807, 2.05) is 31.2 Å². The summed E-state index contributed by atoms with van der Waals surface area (Å²) in [5, 5.41) is 15.9. The van der Waals surface area contributed by atoms with Crippen molar-refractivity contribution in [2.45, 2.75) is 6.92 Å². The second-order valence-corrected chi connectivity index (χ2v) is 8.36. The van der Waals surface area contributed by atoms with Crippen molar-refractivity contribution in [2.24, 2.45) is 5.10 Å². The van der Waals surface area contributed by atoms with E-state index in [2.05, 4.69) is 26.5 Å².